The SMILES string of the molecule is C=C(C(=O)N[C@@H](C)C(=O)N(C)[C@@H](C)C(=O)N[C@H](C(=O)NC)[C@H](OC(=O)[C@@H](NC(=O)CC)[C@H](OP(=O)(O)O)C(C)C)C(C)C)N(C)C(=O)[C@@H](Cc1ccccc1)OC(=O)/C(=C\C(C)C)NC(C)=O. The van der Waals surface area contributed by atoms with Gasteiger partial charge in [-0.3, -0.25) is 38.1 Å². The number of likely N-dealkylation sites (N-methyl/N-ethyl adjacent to an activating group) is 3. The van der Waals surface area contributed by atoms with Crippen molar-refractivity contribution in [3.63, 3.8) is 0 Å². The van der Waals surface area contributed by atoms with Gasteiger partial charge in [-0.1, -0.05) is 91.5 Å². The molecule has 7 amide bonds. The van der Waals surface area contributed by atoms with Crippen LogP contribution in [-0.4, -0.2) is 136 Å². The quantitative estimate of drug-likeness (QED) is 0.0408. The van der Waals surface area contributed by atoms with Crippen LogP contribution in [0, 0.1) is 17.8 Å². The normalized spacial score (nSPS) is 14.8. The number of hydrogen-bond acceptors (Lipinski definition) is 13. The first-order chi connectivity index (χ1) is 31.0. The number of esters is 2. The number of carbonyl (C=O) groups is 9. The molecule has 374 valence electrons. The zero-order chi connectivity index (χ0) is 51.7. The Bertz CT molecular complexity index is 2040. The number of carbonyl (C=O) groups excluding carboxylic acids is 9. The Hall–Kier alpha value is -5.96. The van der Waals surface area contributed by atoms with E-state index >= 15 is 0 Å². The van der Waals surface area contributed by atoms with Gasteiger partial charge in [0.2, 0.25) is 29.5 Å². The van der Waals surface area contributed by atoms with Crippen LogP contribution in [0.1, 0.15) is 81.2 Å². The second-order valence-electron chi connectivity index (χ2n) is 16.7. The number of benzene rings is 1. The molecule has 22 nitrogen and oxygen atoms in total. The fourth-order valence-electron chi connectivity index (χ4n) is 6.20. The monoisotopic (exact) mass is 965 g/mol. The van der Waals surface area contributed by atoms with Crippen molar-refractivity contribution in [2.45, 2.75) is 125 Å². The molecule has 7 atom stereocenters. The third-order valence-electron chi connectivity index (χ3n) is 10.0. The summed E-state index contributed by atoms with van der Waals surface area (Å²) < 4.78 is 28.0. The van der Waals surface area contributed by atoms with Gasteiger partial charge in [-0.15, -0.1) is 0 Å². The van der Waals surface area contributed by atoms with Crippen LogP contribution in [0.15, 0.2) is 54.4 Å². The average Bonchev–Trinajstić information content (AvgIpc) is 3.25. The van der Waals surface area contributed by atoms with E-state index in [4.69, 9.17) is 14.0 Å². The predicted molar refractivity (Wildman–Crippen MR) is 243 cm³/mol. The highest BCUT2D eigenvalue weighted by molar-refractivity contribution is 7.46. The highest BCUT2D eigenvalue weighted by Crippen LogP contribution is 2.40. The second kappa shape index (κ2) is 27.0. The second-order valence-corrected chi connectivity index (χ2v) is 17.9. The van der Waals surface area contributed by atoms with Gasteiger partial charge in [0.15, 0.2) is 12.1 Å². The lowest BCUT2D eigenvalue weighted by Gasteiger charge is -2.35. The van der Waals surface area contributed by atoms with Gasteiger partial charge in [-0.05, 0) is 37.2 Å². The van der Waals surface area contributed by atoms with E-state index in [9.17, 15) is 57.5 Å². The molecule has 0 radical (unpaired) electrons. The summed E-state index contributed by atoms with van der Waals surface area (Å²) in [4.78, 5) is 140. The largest absolute Gasteiger partial charge is 0.469 e. The van der Waals surface area contributed by atoms with Gasteiger partial charge in [0, 0.05) is 40.9 Å². The molecule has 0 unspecified atom stereocenters. The van der Waals surface area contributed by atoms with Crippen molar-refractivity contribution in [1.82, 2.24) is 36.4 Å². The average molecular weight is 966 g/mol. The Labute approximate surface area is 391 Å². The van der Waals surface area contributed by atoms with Gasteiger partial charge in [-0.25, -0.2) is 14.2 Å². The third kappa shape index (κ3) is 19.0. The summed E-state index contributed by atoms with van der Waals surface area (Å²) in [5, 5.41) is 12.1. The first-order valence-corrected chi connectivity index (χ1v) is 23.0. The van der Waals surface area contributed by atoms with Crippen LogP contribution in [-0.2, 0) is 68.1 Å². The molecule has 1 aromatic carbocycles. The van der Waals surface area contributed by atoms with E-state index in [1.165, 1.54) is 68.8 Å². The molecular formula is C44H68N7O15P. The summed E-state index contributed by atoms with van der Waals surface area (Å²) in [6, 6.07) is 2.51. The number of hydrogen-bond donors (Lipinski definition) is 7. The third-order valence-corrected chi connectivity index (χ3v) is 10.6. The molecule has 0 aliphatic carbocycles. The van der Waals surface area contributed by atoms with Gasteiger partial charge in [0.05, 0.1) is 0 Å². The Morgan fingerprint density at radius 1 is 0.791 bits per heavy atom. The Morgan fingerprint density at radius 2 is 1.36 bits per heavy atom. The maximum absolute atomic E-state index is 13.9. The van der Waals surface area contributed by atoms with E-state index in [2.05, 4.69) is 33.2 Å². The van der Waals surface area contributed by atoms with Crippen LogP contribution in [0.25, 0.3) is 0 Å². The molecule has 0 aliphatic rings. The van der Waals surface area contributed by atoms with Crippen molar-refractivity contribution in [2.75, 3.05) is 21.1 Å². The molecule has 0 bridgehead atoms. The van der Waals surface area contributed by atoms with Crippen LogP contribution in [0.4, 0.5) is 0 Å². The fraction of sp³-hybridized carbons (Fsp3) is 0.568. The van der Waals surface area contributed by atoms with Crippen molar-refractivity contribution in [3.8, 4) is 0 Å². The number of phosphoric ester groups is 1. The number of allylic oxidation sites excluding steroid dienone is 1. The summed E-state index contributed by atoms with van der Waals surface area (Å²) in [5.41, 5.74) is -0.0274. The molecular weight excluding hydrogens is 897 g/mol. The number of nitrogens with one attached hydrogen (secondary N) is 5. The standard InChI is InChI=1S/C44H68N7O15P/c1-15-33(53)48-35(37(25(6)7)66-67(61,62)63)44(60)65-36(24(4)5)34(40(56)45-12)49-39(55)28(10)50(13)41(57)26(8)46-38(54)27(9)51(14)42(58)32(22-30-19-17-16-18-20-30)64-43(59)31(21-23(2)3)47-29(11)52/h16-21,23-26,28,32,34-37H,9,15,22H2,1-8,10-14H3,(H,45,56)(H,46,54)(H,47,52)(H,48,53)(H,49,55)(H2,61,62,63)/b31-21+/t26-,28-,32+,34-,35-,36+,37+/m0/s1. The molecule has 1 aromatic rings. The summed E-state index contributed by atoms with van der Waals surface area (Å²) >= 11 is 0. The lowest BCUT2D eigenvalue weighted by Crippen LogP contribution is -2.61. The van der Waals surface area contributed by atoms with Gasteiger partial charge in [0.1, 0.15) is 41.7 Å². The highest BCUT2D eigenvalue weighted by atomic mass is 31.2. The Kier molecular flexibility index (Phi) is 23.8. The minimum atomic E-state index is -5.20. The van der Waals surface area contributed by atoms with Crippen molar-refractivity contribution in [2.24, 2.45) is 17.8 Å². The Morgan fingerprint density at radius 3 is 1.84 bits per heavy atom. The minimum absolute atomic E-state index is 0.120. The summed E-state index contributed by atoms with van der Waals surface area (Å²) in [5.74, 6) is -9.50. The van der Waals surface area contributed by atoms with Crippen LogP contribution in [0.3, 0.4) is 0 Å². The molecule has 0 heterocycles. The molecule has 0 spiro atoms. The predicted octanol–water partition coefficient (Wildman–Crippen LogP) is 0.968. The molecule has 0 fully saturated rings. The lowest BCUT2D eigenvalue weighted by atomic mass is 9.96. The van der Waals surface area contributed by atoms with Crippen LogP contribution >= 0.6 is 7.82 Å². The molecule has 0 aliphatic heterocycles. The molecule has 0 saturated heterocycles. The van der Waals surface area contributed by atoms with Crippen molar-refractivity contribution < 1.29 is 71.5 Å². The van der Waals surface area contributed by atoms with Crippen molar-refractivity contribution in [3.05, 3.63) is 59.9 Å². The first kappa shape index (κ1) is 59.1. The van der Waals surface area contributed by atoms with E-state index in [0.29, 0.717) is 5.56 Å². The maximum Gasteiger partial charge on any atom is 0.469 e. The van der Waals surface area contributed by atoms with Crippen LogP contribution in [0.2, 0.25) is 0 Å². The van der Waals surface area contributed by atoms with E-state index in [-0.39, 0.29) is 24.5 Å². The molecule has 67 heavy (non-hydrogen) atoms. The van der Waals surface area contributed by atoms with E-state index in [1.807, 2.05) is 0 Å². The van der Waals surface area contributed by atoms with E-state index < -0.39 is 121 Å². The topological polar surface area (TPSA) is 305 Å². The van der Waals surface area contributed by atoms with Crippen molar-refractivity contribution in [1.29, 1.82) is 0 Å². The zero-order valence-corrected chi connectivity index (χ0v) is 41.3. The lowest BCUT2D eigenvalue weighted by molar-refractivity contribution is -0.163. The summed E-state index contributed by atoms with van der Waals surface area (Å²) in [7, 11) is -1.49. The maximum atomic E-state index is 13.9. The molecule has 7 N–H and O–H groups in total. The van der Waals surface area contributed by atoms with E-state index in [1.54, 1.807) is 58.0 Å². The molecule has 0 saturated carbocycles. The number of ether oxygens (including phenoxy) is 2. The molecule has 0 aromatic heterocycles. The smallest absolute Gasteiger partial charge is 0.458 e. The molecule has 1 rings (SSSR count). The van der Waals surface area contributed by atoms with E-state index in [0.717, 1.165) is 9.80 Å². The minimum Gasteiger partial charge on any atom is -0.458 e. The Balaban J connectivity index is 3.31. The number of rotatable bonds is 25. The number of amides is 7. The van der Waals surface area contributed by atoms with Crippen LogP contribution < -0.4 is 26.6 Å². The number of phosphoric acid groups is 1. The number of nitrogens with zero attached hydrogens (tertiary/aromatic N) is 2. The van der Waals surface area contributed by atoms with Gasteiger partial charge < -0.3 is 55.6 Å². The summed E-state index contributed by atoms with van der Waals surface area (Å²) in [6.07, 6.45) is -3.33. The summed E-state index contributed by atoms with van der Waals surface area (Å²) in [6.45, 7) is 18.6. The first-order valence-electron chi connectivity index (χ1n) is 21.5. The highest BCUT2D eigenvalue weighted by Gasteiger charge is 2.43. The van der Waals surface area contributed by atoms with Gasteiger partial charge in [0.25, 0.3) is 11.8 Å². The zero-order valence-electron chi connectivity index (χ0n) is 40.4. The van der Waals surface area contributed by atoms with Gasteiger partial charge >= 0.3 is 19.8 Å². The fourth-order valence-corrected chi connectivity index (χ4v) is 6.88. The van der Waals surface area contributed by atoms with Crippen molar-refractivity contribution >= 4 is 61.1 Å². The van der Waals surface area contributed by atoms with Gasteiger partial charge in [-0.2, -0.15) is 0 Å². The van der Waals surface area contributed by atoms with Crippen LogP contribution in [0.5, 0.6) is 0 Å². The molecule has 23 heteroatoms.